The molecule has 0 saturated heterocycles. The zero-order valence-corrected chi connectivity index (χ0v) is 16.8. The van der Waals surface area contributed by atoms with Crippen molar-refractivity contribution in [1.82, 2.24) is 10.3 Å². The van der Waals surface area contributed by atoms with E-state index in [1.807, 2.05) is 0 Å². The third-order valence-electron chi connectivity index (χ3n) is 3.80. The minimum Gasteiger partial charge on any atom is -0.351 e. The van der Waals surface area contributed by atoms with Gasteiger partial charge in [-0.15, -0.1) is 22.7 Å². The summed E-state index contributed by atoms with van der Waals surface area (Å²) >= 11 is 2.47. The topological polar surface area (TPSA) is 71.1 Å². The Hall–Kier alpha value is -2.72. The lowest BCUT2D eigenvalue weighted by molar-refractivity contribution is -0.137. The number of thiophene rings is 1. The van der Waals surface area contributed by atoms with Crippen molar-refractivity contribution < 1.29 is 22.8 Å². The summed E-state index contributed by atoms with van der Waals surface area (Å²) in [6.45, 7) is 1.77. The predicted octanol–water partition coefficient (Wildman–Crippen LogP) is 4.70. The van der Waals surface area contributed by atoms with Crippen molar-refractivity contribution in [3.63, 3.8) is 0 Å². The second-order valence-electron chi connectivity index (χ2n) is 6.14. The molecule has 0 unspecified atom stereocenters. The van der Waals surface area contributed by atoms with Gasteiger partial charge in [-0.1, -0.05) is 18.2 Å². The molecule has 0 radical (unpaired) electrons. The molecule has 152 valence electrons. The number of halogens is 3. The number of rotatable bonds is 6. The van der Waals surface area contributed by atoms with Gasteiger partial charge in [-0.25, -0.2) is 4.98 Å². The van der Waals surface area contributed by atoms with Crippen LogP contribution in [0.2, 0.25) is 0 Å². The lowest BCUT2D eigenvalue weighted by Gasteiger charge is -2.07. The van der Waals surface area contributed by atoms with E-state index in [0.717, 1.165) is 21.9 Å². The molecule has 2 aromatic heterocycles. The van der Waals surface area contributed by atoms with Gasteiger partial charge in [0.1, 0.15) is 0 Å². The number of alkyl halides is 3. The number of benzene rings is 1. The van der Waals surface area contributed by atoms with Gasteiger partial charge in [0.2, 0.25) is 5.91 Å². The van der Waals surface area contributed by atoms with Gasteiger partial charge < -0.3 is 5.32 Å². The number of nitrogens with zero attached hydrogens (tertiary/aromatic N) is 1. The van der Waals surface area contributed by atoms with Crippen LogP contribution in [0.3, 0.4) is 0 Å². The van der Waals surface area contributed by atoms with Crippen molar-refractivity contribution in [3.05, 3.63) is 68.4 Å². The highest BCUT2D eigenvalue weighted by molar-refractivity contribution is 7.16. The third kappa shape index (κ3) is 5.88. The molecule has 0 aliphatic heterocycles. The highest BCUT2D eigenvalue weighted by Crippen LogP contribution is 2.30. The highest BCUT2D eigenvalue weighted by Gasteiger charge is 2.30. The van der Waals surface area contributed by atoms with Gasteiger partial charge in [0.15, 0.2) is 5.13 Å². The highest BCUT2D eigenvalue weighted by atomic mass is 32.1. The van der Waals surface area contributed by atoms with E-state index in [-0.39, 0.29) is 18.2 Å². The quantitative estimate of drug-likeness (QED) is 0.585. The molecule has 3 rings (SSSR count). The van der Waals surface area contributed by atoms with Gasteiger partial charge in [-0.05, 0) is 23.8 Å². The number of thiazole rings is 1. The normalized spacial score (nSPS) is 11.3. The maximum absolute atomic E-state index is 12.8. The van der Waals surface area contributed by atoms with Crippen molar-refractivity contribution in [2.75, 3.05) is 5.32 Å². The van der Waals surface area contributed by atoms with E-state index in [1.54, 1.807) is 18.2 Å². The molecule has 2 heterocycles. The molecule has 2 N–H and O–H groups in total. The van der Waals surface area contributed by atoms with Gasteiger partial charge in [-0.2, -0.15) is 13.2 Å². The molecular formula is C19H16F3N3O2S2. The summed E-state index contributed by atoms with van der Waals surface area (Å²) in [7, 11) is 0. The number of nitrogens with one attached hydrogen (secondary N) is 2. The Balaban J connectivity index is 1.62. The van der Waals surface area contributed by atoms with Gasteiger partial charge >= 0.3 is 6.18 Å². The summed E-state index contributed by atoms with van der Waals surface area (Å²) in [5.41, 5.74) is -0.178. The zero-order valence-electron chi connectivity index (χ0n) is 15.2. The Morgan fingerprint density at radius 1 is 1.10 bits per heavy atom. The van der Waals surface area contributed by atoms with Gasteiger partial charge in [0, 0.05) is 29.3 Å². The Bertz CT molecular complexity index is 1030. The average Bonchev–Trinajstić information content (AvgIpc) is 3.29. The summed E-state index contributed by atoms with van der Waals surface area (Å²) in [5, 5.41) is 5.72. The molecule has 0 saturated carbocycles. The van der Waals surface area contributed by atoms with Crippen molar-refractivity contribution in [2.24, 2.45) is 0 Å². The number of hydrogen-bond donors (Lipinski definition) is 2. The van der Waals surface area contributed by atoms with Crippen LogP contribution in [0.1, 0.15) is 37.5 Å². The second kappa shape index (κ2) is 8.75. The minimum absolute atomic E-state index is 0.152. The second-order valence-corrected chi connectivity index (χ2v) is 8.42. The first-order valence-corrected chi connectivity index (χ1v) is 10.1. The molecule has 3 aromatic rings. The minimum atomic E-state index is -4.39. The summed E-state index contributed by atoms with van der Waals surface area (Å²) < 4.78 is 38.5. The smallest absolute Gasteiger partial charge is 0.351 e. The number of carbonyl (C=O) groups is 2. The van der Waals surface area contributed by atoms with Crippen LogP contribution >= 0.6 is 22.7 Å². The van der Waals surface area contributed by atoms with E-state index in [4.69, 9.17) is 0 Å². The van der Waals surface area contributed by atoms with E-state index >= 15 is 0 Å². The van der Waals surface area contributed by atoms with E-state index in [0.29, 0.717) is 22.1 Å². The molecule has 10 heteroatoms. The molecule has 2 amide bonds. The van der Waals surface area contributed by atoms with Gasteiger partial charge in [-0.3, -0.25) is 14.9 Å². The number of anilines is 1. The number of carbonyl (C=O) groups excluding carboxylic acids is 2. The van der Waals surface area contributed by atoms with E-state index in [9.17, 15) is 22.8 Å². The van der Waals surface area contributed by atoms with Crippen LogP contribution in [-0.4, -0.2) is 16.8 Å². The molecule has 1 aromatic carbocycles. The first kappa shape index (κ1) is 21.0. The van der Waals surface area contributed by atoms with Crippen LogP contribution in [0.5, 0.6) is 0 Å². The Labute approximate surface area is 172 Å². The lowest BCUT2D eigenvalue weighted by Crippen LogP contribution is -2.18. The Morgan fingerprint density at radius 2 is 1.90 bits per heavy atom. The fraction of sp³-hybridized carbons (Fsp3) is 0.211. The van der Waals surface area contributed by atoms with Crippen LogP contribution in [0.4, 0.5) is 18.3 Å². The van der Waals surface area contributed by atoms with E-state index in [2.05, 4.69) is 15.6 Å². The van der Waals surface area contributed by atoms with E-state index in [1.165, 1.54) is 41.9 Å². The van der Waals surface area contributed by atoms with E-state index < -0.39 is 11.7 Å². The van der Waals surface area contributed by atoms with Crippen LogP contribution in [-0.2, 0) is 23.9 Å². The Kier molecular flexibility index (Phi) is 6.33. The molecule has 5 nitrogen and oxygen atoms in total. The lowest BCUT2D eigenvalue weighted by atomic mass is 10.1. The summed E-state index contributed by atoms with van der Waals surface area (Å²) in [6.07, 6.45) is -2.56. The van der Waals surface area contributed by atoms with Crippen molar-refractivity contribution in [1.29, 1.82) is 0 Å². The summed E-state index contributed by atoms with van der Waals surface area (Å²) in [5.74, 6) is -0.482. The average molecular weight is 439 g/mol. The molecule has 29 heavy (non-hydrogen) atoms. The van der Waals surface area contributed by atoms with Crippen molar-refractivity contribution in [2.45, 2.75) is 26.1 Å². The van der Waals surface area contributed by atoms with Gasteiger partial charge in [0.05, 0.1) is 17.0 Å². The summed E-state index contributed by atoms with van der Waals surface area (Å²) in [6, 6.07) is 8.56. The maximum Gasteiger partial charge on any atom is 0.416 e. The number of amides is 2. The van der Waals surface area contributed by atoms with Crippen molar-refractivity contribution in [3.8, 4) is 0 Å². The molecule has 0 aliphatic carbocycles. The standard InChI is InChI=1S/C19H16F3N3O2S2/c1-11(26)23-9-14-5-6-16(28-14)17(27)25-18-24-10-15(29-18)8-12-3-2-4-13(7-12)19(20,21)22/h2-7,10H,8-9H2,1H3,(H,23,26)(H,24,25,27). The fourth-order valence-corrected chi connectivity index (χ4v) is 4.16. The van der Waals surface area contributed by atoms with Crippen LogP contribution in [0.15, 0.2) is 42.6 Å². The molecular weight excluding hydrogens is 423 g/mol. The molecule has 0 spiro atoms. The molecule has 0 aliphatic rings. The fourth-order valence-electron chi connectivity index (χ4n) is 2.47. The monoisotopic (exact) mass is 439 g/mol. The van der Waals surface area contributed by atoms with Gasteiger partial charge in [0.25, 0.3) is 5.91 Å². The maximum atomic E-state index is 12.8. The third-order valence-corrected chi connectivity index (χ3v) is 5.80. The molecule has 0 bridgehead atoms. The number of aromatic nitrogens is 1. The molecule has 0 atom stereocenters. The van der Waals surface area contributed by atoms with Crippen LogP contribution in [0.25, 0.3) is 0 Å². The first-order chi connectivity index (χ1) is 13.7. The zero-order chi connectivity index (χ0) is 21.0. The SMILES string of the molecule is CC(=O)NCc1ccc(C(=O)Nc2ncc(Cc3cccc(C(F)(F)F)c3)s2)s1. The Morgan fingerprint density at radius 3 is 2.62 bits per heavy atom. The van der Waals surface area contributed by atoms with Crippen molar-refractivity contribution >= 4 is 39.6 Å². The van der Waals surface area contributed by atoms with Crippen LogP contribution in [0, 0.1) is 0 Å². The number of hydrogen-bond acceptors (Lipinski definition) is 5. The molecule has 0 fully saturated rings. The summed E-state index contributed by atoms with van der Waals surface area (Å²) in [4.78, 5) is 29.5. The first-order valence-electron chi connectivity index (χ1n) is 8.46. The van der Waals surface area contributed by atoms with Crippen LogP contribution < -0.4 is 10.6 Å². The predicted molar refractivity (Wildman–Crippen MR) is 106 cm³/mol. The largest absolute Gasteiger partial charge is 0.416 e.